The van der Waals surface area contributed by atoms with E-state index in [9.17, 15) is 0 Å². The number of hydrogen-bond acceptors (Lipinski definition) is 2. The Bertz CT molecular complexity index is 302. The van der Waals surface area contributed by atoms with Crippen LogP contribution in [0, 0.1) is 0 Å². The first-order chi connectivity index (χ1) is 7.72. The smallest absolute Gasteiger partial charge is 0.0351 e. The monoisotopic (exact) mass is 284 g/mol. The third-order valence-electron chi connectivity index (χ3n) is 2.54. The van der Waals surface area contributed by atoms with E-state index in [0.29, 0.717) is 0 Å². The molecule has 0 radical (unpaired) electrons. The summed E-state index contributed by atoms with van der Waals surface area (Å²) in [5.41, 5.74) is 1.18. The van der Waals surface area contributed by atoms with Gasteiger partial charge < -0.3 is 10.2 Å². The fourth-order valence-corrected chi connectivity index (χ4v) is 1.93. The zero-order valence-electron chi connectivity index (χ0n) is 10.2. The Morgan fingerprint density at radius 1 is 1.31 bits per heavy atom. The summed E-state index contributed by atoms with van der Waals surface area (Å²) in [6.45, 7) is 5.51. The van der Waals surface area contributed by atoms with E-state index >= 15 is 0 Å². The van der Waals surface area contributed by atoms with Crippen LogP contribution in [-0.2, 0) is 0 Å². The molecule has 0 unspecified atom stereocenters. The van der Waals surface area contributed by atoms with Gasteiger partial charge in [0.1, 0.15) is 0 Å². The molecule has 1 aromatic carbocycles. The molecule has 0 aliphatic carbocycles. The van der Waals surface area contributed by atoms with E-state index in [4.69, 9.17) is 0 Å². The minimum absolute atomic E-state index is 0.997. The molecule has 16 heavy (non-hydrogen) atoms. The summed E-state index contributed by atoms with van der Waals surface area (Å²) in [7, 11) is 2.18. The molecule has 1 rings (SSSR count). The van der Waals surface area contributed by atoms with E-state index in [1.54, 1.807) is 0 Å². The summed E-state index contributed by atoms with van der Waals surface area (Å²) in [4.78, 5) is 2.37. The maximum absolute atomic E-state index is 3.47. The lowest BCUT2D eigenvalue weighted by Gasteiger charge is -2.16. The van der Waals surface area contributed by atoms with E-state index in [2.05, 4.69) is 52.3 Å². The molecule has 0 saturated heterocycles. The van der Waals surface area contributed by atoms with Crippen molar-refractivity contribution in [3.8, 4) is 0 Å². The number of benzene rings is 1. The van der Waals surface area contributed by atoms with E-state index < -0.39 is 0 Å². The van der Waals surface area contributed by atoms with Crippen LogP contribution in [0.25, 0.3) is 0 Å². The summed E-state index contributed by atoms with van der Waals surface area (Å²) < 4.78 is 1.12. The van der Waals surface area contributed by atoms with Crippen molar-refractivity contribution in [3.05, 3.63) is 28.7 Å². The van der Waals surface area contributed by atoms with Crippen LogP contribution in [0.1, 0.15) is 19.8 Å². The van der Waals surface area contributed by atoms with E-state index in [-0.39, 0.29) is 0 Å². The predicted molar refractivity (Wildman–Crippen MR) is 75.0 cm³/mol. The van der Waals surface area contributed by atoms with Crippen LogP contribution in [0.5, 0.6) is 0 Å². The molecule has 3 heteroatoms. The van der Waals surface area contributed by atoms with Crippen LogP contribution in [-0.4, -0.2) is 31.6 Å². The van der Waals surface area contributed by atoms with E-state index in [1.165, 1.54) is 25.1 Å². The second-order valence-electron chi connectivity index (χ2n) is 4.09. The molecule has 2 nitrogen and oxygen atoms in total. The van der Waals surface area contributed by atoms with Gasteiger partial charge in [-0.05, 0) is 38.2 Å². The highest BCUT2D eigenvalue weighted by Gasteiger charge is 1.97. The van der Waals surface area contributed by atoms with Gasteiger partial charge in [0.05, 0.1) is 0 Å². The molecular weight excluding hydrogens is 264 g/mol. The Balaban J connectivity index is 2.20. The normalized spacial score (nSPS) is 10.8. The SMILES string of the molecule is CCCCN(C)CCNc1cccc(Br)c1. The van der Waals surface area contributed by atoms with Gasteiger partial charge in [0.15, 0.2) is 0 Å². The predicted octanol–water partition coefficient (Wildman–Crippen LogP) is 3.59. The van der Waals surface area contributed by atoms with Crippen LogP contribution >= 0.6 is 15.9 Å². The van der Waals surface area contributed by atoms with Crippen LogP contribution in [0.2, 0.25) is 0 Å². The van der Waals surface area contributed by atoms with Crippen molar-refractivity contribution in [1.29, 1.82) is 0 Å². The second kappa shape index (κ2) is 7.69. The fraction of sp³-hybridized carbons (Fsp3) is 0.538. The summed E-state index contributed by atoms with van der Waals surface area (Å²) in [5.74, 6) is 0. The third kappa shape index (κ3) is 5.52. The highest BCUT2D eigenvalue weighted by Crippen LogP contribution is 2.15. The van der Waals surface area contributed by atoms with Crippen molar-refractivity contribution in [2.24, 2.45) is 0 Å². The van der Waals surface area contributed by atoms with Crippen molar-refractivity contribution in [2.45, 2.75) is 19.8 Å². The minimum atomic E-state index is 0.997. The van der Waals surface area contributed by atoms with Gasteiger partial charge in [0.2, 0.25) is 0 Å². The third-order valence-corrected chi connectivity index (χ3v) is 3.03. The standard InChI is InChI=1S/C13H21BrN2/c1-3-4-9-16(2)10-8-15-13-7-5-6-12(14)11-13/h5-7,11,15H,3-4,8-10H2,1-2H3. The summed E-state index contributed by atoms with van der Waals surface area (Å²) in [6.07, 6.45) is 2.55. The maximum Gasteiger partial charge on any atom is 0.0351 e. The first-order valence-corrected chi connectivity index (χ1v) is 6.69. The molecule has 0 aromatic heterocycles. The number of rotatable bonds is 7. The fourth-order valence-electron chi connectivity index (χ4n) is 1.53. The van der Waals surface area contributed by atoms with Gasteiger partial charge in [-0.25, -0.2) is 0 Å². The second-order valence-corrected chi connectivity index (χ2v) is 5.01. The molecule has 0 saturated carbocycles. The highest BCUT2D eigenvalue weighted by atomic mass is 79.9. The number of hydrogen-bond donors (Lipinski definition) is 1. The average Bonchev–Trinajstić information content (AvgIpc) is 2.26. The van der Waals surface area contributed by atoms with Gasteiger partial charge in [-0.1, -0.05) is 35.3 Å². The number of nitrogens with zero attached hydrogens (tertiary/aromatic N) is 1. The molecule has 0 heterocycles. The molecule has 90 valence electrons. The minimum Gasteiger partial charge on any atom is -0.384 e. The number of anilines is 1. The van der Waals surface area contributed by atoms with Crippen LogP contribution in [0.3, 0.4) is 0 Å². The topological polar surface area (TPSA) is 15.3 Å². The Hall–Kier alpha value is -0.540. The molecule has 1 aromatic rings. The van der Waals surface area contributed by atoms with Gasteiger partial charge >= 0.3 is 0 Å². The first kappa shape index (κ1) is 13.5. The highest BCUT2D eigenvalue weighted by molar-refractivity contribution is 9.10. The van der Waals surface area contributed by atoms with Gasteiger partial charge in [-0.15, -0.1) is 0 Å². The molecule has 0 aliphatic heterocycles. The number of likely N-dealkylation sites (N-methyl/N-ethyl adjacent to an activating group) is 1. The maximum atomic E-state index is 3.47. The number of halogens is 1. The van der Waals surface area contributed by atoms with Gasteiger partial charge in [0, 0.05) is 23.2 Å². The molecule has 0 atom stereocenters. The van der Waals surface area contributed by atoms with Crippen molar-refractivity contribution in [3.63, 3.8) is 0 Å². The molecule has 1 N–H and O–H groups in total. The zero-order valence-corrected chi connectivity index (χ0v) is 11.8. The Labute approximate surface area is 107 Å². The summed E-state index contributed by atoms with van der Waals surface area (Å²) >= 11 is 3.47. The molecule has 0 spiro atoms. The molecule has 0 fully saturated rings. The van der Waals surface area contributed by atoms with Crippen molar-refractivity contribution in [2.75, 3.05) is 32.0 Å². The van der Waals surface area contributed by atoms with E-state index in [0.717, 1.165) is 17.6 Å². The summed E-state index contributed by atoms with van der Waals surface area (Å²) in [5, 5.41) is 3.42. The largest absolute Gasteiger partial charge is 0.384 e. The first-order valence-electron chi connectivity index (χ1n) is 5.90. The van der Waals surface area contributed by atoms with Crippen LogP contribution in [0.4, 0.5) is 5.69 Å². The number of nitrogens with one attached hydrogen (secondary N) is 1. The quantitative estimate of drug-likeness (QED) is 0.823. The molecule has 0 amide bonds. The van der Waals surface area contributed by atoms with Crippen molar-refractivity contribution in [1.82, 2.24) is 4.90 Å². The number of unbranched alkanes of at least 4 members (excludes halogenated alkanes) is 1. The van der Waals surface area contributed by atoms with Crippen LogP contribution in [0.15, 0.2) is 28.7 Å². The van der Waals surface area contributed by atoms with Crippen molar-refractivity contribution >= 4 is 21.6 Å². The summed E-state index contributed by atoms with van der Waals surface area (Å²) in [6, 6.07) is 8.29. The van der Waals surface area contributed by atoms with Crippen molar-refractivity contribution < 1.29 is 0 Å². The lowest BCUT2D eigenvalue weighted by molar-refractivity contribution is 0.340. The lowest BCUT2D eigenvalue weighted by Crippen LogP contribution is -2.26. The Kier molecular flexibility index (Phi) is 6.50. The zero-order chi connectivity index (χ0) is 11.8. The lowest BCUT2D eigenvalue weighted by atomic mass is 10.3. The Morgan fingerprint density at radius 3 is 2.81 bits per heavy atom. The Morgan fingerprint density at radius 2 is 2.12 bits per heavy atom. The molecular formula is C13H21BrN2. The van der Waals surface area contributed by atoms with Gasteiger partial charge in [0.25, 0.3) is 0 Å². The average molecular weight is 285 g/mol. The molecule has 0 aliphatic rings. The van der Waals surface area contributed by atoms with Gasteiger partial charge in [-0.3, -0.25) is 0 Å². The van der Waals surface area contributed by atoms with Gasteiger partial charge in [-0.2, -0.15) is 0 Å². The molecule has 0 bridgehead atoms. The van der Waals surface area contributed by atoms with Crippen LogP contribution < -0.4 is 5.32 Å². The van der Waals surface area contributed by atoms with E-state index in [1.807, 2.05) is 12.1 Å².